The number of carbonyl (C=O) groups excluding carboxylic acids is 4. The van der Waals surface area contributed by atoms with Crippen molar-refractivity contribution >= 4 is 23.6 Å². The zero-order valence-corrected chi connectivity index (χ0v) is 13.3. The number of nitrogens with one attached hydrogen (secondary N) is 2. The highest BCUT2D eigenvalue weighted by Crippen LogP contribution is 2.09. The van der Waals surface area contributed by atoms with Crippen LogP contribution in [-0.2, 0) is 23.9 Å². The lowest BCUT2D eigenvalue weighted by atomic mass is 9.97. The van der Waals surface area contributed by atoms with Crippen molar-refractivity contribution in [2.24, 2.45) is 5.92 Å². The Morgan fingerprint density at radius 1 is 1.18 bits per heavy atom. The first kappa shape index (κ1) is 20.0. The average Bonchev–Trinajstić information content (AvgIpc) is 2.49. The number of ketones is 1. The molecule has 22 heavy (non-hydrogen) atoms. The van der Waals surface area contributed by atoms with Crippen LogP contribution < -0.4 is 10.6 Å². The van der Waals surface area contributed by atoms with Crippen LogP contribution in [0.25, 0.3) is 0 Å². The maximum Gasteiger partial charge on any atom is 0.308 e. The van der Waals surface area contributed by atoms with E-state index >= 15 is 0 Å². The lowest BCUT2D eigenvalue weighted by molar-refractivity contribution is -0.143. The Hall–Kier alpha value is -1.99. The Balaban J connectivity index is 5.05. The first-order valence-electron chi connectivity index (χ1n) is 6.99. The molecule has 0 aliphatic heterocycles. The summed E-state index contributed by atoms with van der Waals surface area (Å²) in [4.78, 5) is 46.2. The van der Waals surface area contributed by atoms with Crippen molar-refractivity contribution < 1.29 is 28.3 Å². The summed E-state index contributed by atoms with van der Waals surface area (Å²) in [5, 5.41) is 4.80. The molecule has 0 aromatic rings. The van der Waals surface area contributed by atoms with E-state index in [9.17, 15) is 23.6 Å². The molecule has 0 saturated carbocycles. The second-order valence-corrected chi connectivity index (χ2v) is 5.01. The van der Waals surface area contributed by atoms with Gasteiger partial charge in [0.15, 0.2) is 5.78 Å². The van der Waals surface area contributed by atoms with E-state index in [1.807, 2.05) is 6.92 Å². The summed E-state index contributed by atoms with van der Waals surface area (Å²) in [7, 11) is 1.13. The minimum Gasteiger partial charge on any atom is -0.469 e. The summed E-state index contributed by atoms with van der Waals surface area (Å²) in [6.45, 7) is 3.55. The summed E-state index contributed by atoms with van der Waals surface area (Å²) in [6.07, 6.45) is 0.148. The molecule has 0 fully saturated rings. The minimum atomic E-state index is -1.31. The Morgan fingerprint density at radius 2 is 1.77 bits per heavy atom. The molecule has 0 aromatic carbocycles. The van der Waals surface area contributed by atoms with Crippen molar-refractivity contribution in [2.45, 2.75) is 45.7 Å². The van der Waals surface area contributed by atoms with Gasteiger partial charge in [0, 0.05) is 6.92 Å². The van der Waals surface area contributed by atoms with Gasteiger partial charge in [-0.05, 0) is 5.92 Å². The van der Waals surface area contributed by atoms with Gasteiger partial charge in [0.1, 0.15) is 18.8 Å². The molecule has 0 aliphatic carbocycles. The Bertz CT molecular complexity index is 427. The Labute approximate surface area is 129 Å². The van der Waals surface area contributed by atoms with Crippen molar-refractivity contribution in [3.05, 3.63) is 0 Å². The molecule has 2 N–H and O–H groups in total. The van der Waals surface area contributed by atoms with Gasteiger partial charge < -0.3 is 15.4 Å². The fraction of sp³-hybridized carbons (Fsp3) is 0.714. The van der Waals surface area contributed by atoms with Crippen LogP contribution >= 0.6 is 0 Å². The molecule has 126 valence electrons. The summed E-state index contributed by atoms with van der Waals surface area (Å²) >= 11 is 0. The summed E-state index contributed by atoms with van der Waals surface area (Å²) in [5.74, 6) is -2.90. The first-order valence-corrected chi connectivity index (χ1v) is 6.99. The number of halogens is 1. The highest BCUT2D eigenvalue weighted by atomic mass is 19.1. The summed E-state index contributed by atoms with van der Waals surface area (Å²) < 4.78 is 17.0. The van der Waals surface area contributed by atoms with E-state index in [0.29, 0.717) is 6.42 Å². The summed E-state index contributed by atoms with van der Waals surface area (Å²) in [5.41, 5.74) is 0. The molecule has 0 heterocycles. The predicted octanol–water partition coefficient (Wildman–Crippen LogP) is 0.124. The van der Waals surface area contributed by atoms with Crippen LogP contribution in [0, 0.1) is 5.92 Å². The largest absolute Gasteiger partial charge is 0.469 e. The SMILES string of the molecule is CCC(C)C(NC(C)=O)C(=O)NC(CC(=O)OC)C(=O)CF. The standard InChI is InChI=1S/C14H23FN2O5/c1-5-8(2)13(16-9(3)18)14(21)17-10(11(19)7-15)6-12(20)22-4/h8,10,13H,5-7H2,1-4H3,(H,16,18)(H,17,21). The predicted molar refractivity (Wildman–Crippen MR) is 76.6 cm³/mol. The third kappa shape index (κ3) is 6.64. The maximum absolute atomic E-state index is 12.6. The zero-order chi connectivity index (χ0) is 17.3. The van der Waals surface area contributed by atoms with E-state index in [4.69, 9.17) is 0 Å². The molecule has 3 unspecified atom stereocenters. The van der Waals surface area contributed by atoms with Crippen molar-refractivity contribution in [1.29, 1.82) is 0 Å². The molecule has 8 heteroatoms. The molecular weight excluding hydrogens is 295 g/mol. The van der Waals surface area contributed by atoms with Gasteiger partial charge in [-0.3, -0.25) is 19.2 Å². The van der Waals surface area contributed by atoms with Crippen molar-refractivity contribution in [1.82, 2.24) is 10.6 Å². The highest BCUT2D eigenvalue weighted by Gasteiger charge is 2.30. The van der Waals surface area contributed by atoms with Crippen molar-refractivity contribution in [3.8, 4) is 0 Å². The van der Waals surface area contributed by atoms with E-state index in [2.05, 4.69) is 15.4 Å². The molecule has 0 bridgehead atoms. The number of alkyl halides is 1. The smallest absolute Gasteiger partial charge is 0.308 e. The number of methoxy groups -OCH3 is 1. The van der Waals surface area contributed by atoms with Crippen molar-refractivity contribution in [3.63, 3.8) is 0 Å². The van der Waals surface area contributed by atoms with Gasteiger partial charge in [0.05, 0.1) is 13.5 Å². The van der Waals surface area contributed by atoms with Crippen molar-refractivity contribution in [2.75, 3.05) is 13.8 Å². The summed E-state index contributed by atoms with van der Waals surface area (Å²) in [6, 6.07) is -2.18. The van der Waals surface area contributed by atoms with E-state index in [0.717, 1.165) is 7.11 Å². The normalized spacial score (nSPS) is 14.4. The molecule has 3 atom stereocenters. The quantitative estimate of drug-likeness (QED) is 0.588. The molecule has 0 aromatic heterocycles. The average molecular weight is 318 g/mol. The van der Waals surface area contributed by atoms with Crippen LogP contribution in [0.3, 0.4) is 0 Å². The fourth-order valence-corrected chi connectivity index (χ4v) is 1.77. The molecular formula is C14H23FN2O5. The second-order valence-electron chi connectivity index (χ2n) is 5.01. The monoisotopic (exact) mass is 318 g/mol. The van der Waals surface area contributed by atoms with E-state index in [-0.39, 0.29) is 5.92 Å². The molecule has 7 nitrogen and oxygen atoms in total. The molecule has 0 radical (unpaired) electrons. The van der Waals surface area contributed by atoms with Crippen LogP contribution in [-0.4, -0.2) is 49.4 Å². The highest BCUT2D eigenvalue weighted by molar-refractivity contribution is 5.95. The van der Waals surface area contributed by atoms with Gasteiger partial charge in [-0.25, -0.2) is 4.39 Å². The van der Waals surface area contributed by atoms with Gasteiger partial charge in [-0.15, -0.1) is 0 Å². The number of carbonyl (C=O) groups is 4. The fourth-order valence-electron chi connectivity index (χ4n) is 1.77. The number of Topliss-reactive ketones (excluding diaryl/α,β-unsaturated/α-hetero) is 1. The number of hydrogen-bond donors (Lipinski definition) is 2. The minimum absolute atomic E-state index is 0.192. The topological polar surface area (TPSA) is 102 Å². The van der Waals surface area contributed by atoms with Gasteiger partial charge in [-0.1, -0.05) is 20.3 Å². The van der Waals surface area contributed by atoms with Gasteiger partial charge in [-0.2, -0.15) is 0 Å². The van der Waals surface area contributed by atoms with Gasteiger partial charge >= 0.3 is 5.97 Å². The third-order valence-corrected chi connectivity index (χ3v) is 3.29. The number of esters is 1. The first-order chi connectivity index (χ1) is 10.3. The lowest BCUT2D eigenvalue weighted by Gasteiger charge is -2.25. The van der Waals surface area contributed by atoms with E-state index in [1.165, 1.54) is 6.92 Å². The van der Waals surface area contributed by atoms with Crippen LogP contribution in [0.1, 0.15) is 33.6 Å². The van der Waals surface area contributed by atoms with Gasteiger partial charge in [0.25, 0.3) is 0 Å². The number of ether oxygens (including phenoxy) is 1. The number of rotatable bonds is 9. The Kier molecular flexibility index (Phi) is 8.97. The molecule has 0 spiro atoms. The Morgan fingerprint density at radius 3 is 2.18 bits per heavy atom. The molecule has 0 aliphatic rings. The number of amides is 2. The molecule has 0 rings (SSSR count). The third-order valence-electron chi connectivity index (χ3n) is 3.29. The molecule has 0 saturated heterocycles. The molecule has 2 amide bonds. The number of hydrogen-bond acceptors (Lipinski definition) is 5. The van der Waals surface area contributed by atoms with E-state index < -0.39 is 48.7 Å². The van der Waals surface area contributed by atoms with Crippen LogP contribution in [0.4, 0.5) is 4.39 Å². The van der Waals surface area contributed by atoms with Crippen LogP contribution in [0.5, 0.6) is 0 Å². The lowest BCUT2D eigenvalue weighted by Crippen LogP contribution is -2.54. The van der Waals surface area contributed by atoms with Gasteiger partial charge in [0.2, 0.25) is 11.8 Å². The maximum atomic E-state index is 12.6. The van der Waals surface area contributed by atoms with E-state index in [1.54, 1.807) is 6.92 Å². The second kappa shape index (κ2) is 9.86. The van der Waals surface area contributed by atoms with Crippen LogP contribution in [0.2, 0.25) is 0 Å². The van der Waals surface area contributed by atoms with Crippen LogP contribution in [0.15, 0.2) is 0 Å². The zero-order valence-electron chi connectivity index (χ0n) is 13.3.